The largest absolute Gasteiger partial charge is 0.379 e. The summed E-state index contributed by atoms with van der Waals surface area (Å²) < 4.78 is 5.70. The summed E-state index contributed by atoms with van der Waals surface area (Å²) in [5, 5.41) is 3.59. The van der Waals surface area contributed by atoms with Crippen LogP contribution in [-0.4, -0.2) is 19.8 Å². The van der Waals surface area contributed by atoms with Gasteiger partial charge in [0.1, 0.15) is 0 Å². The van der Waals surface area contributed by atoms with Crippen molar-refractivity contribution < 1.29 is 4.74 Å². The Morgan fingerprint density at radius 1 is 1.35 bits per heavy atom. The van der Waals surface area contributed by atoms with Gasteiger partial charge in [0.15, 0.2) is 0 Å². The predicted molar refractivity (Wildman–Crippen MR) is 71.4 cm³/mol. The van der Waals surface area contributed by atoms with Gasteiger partial charge in [0.2, 0.25) is 0 Å². The fourth-order valence-corrected chi connectivity index (χ4v) is 2.38. The number of benzene rings is 1. The van der Waals surface area contributed by atoms with E-state index in [1.165, 1.54) is 23.1 Å². The fourth-order valence-electron chi connectivity index (χ4n) is 2.38. The maximum Gasteiger partial charge on any atom is 0.0661 e. The Bertz CT molecular complexity index is 362. The van der Waals surface area contributed by atoms with Crippen molar-refractivity contribution in [1.82, 2.24) is 5.32 Å². The summed E-state index contributed by atoms with van der Waals surface area (Å²) in [4.78, 5) is 0. The third kappa shape index (κ3) is 3.08. The minimum Gasteiger partial charge on any atom is -0.379 e. The van der Waals surface area contributed by atoms with Crippen molar-refractivity contribution in [3.05, 3.63) is 34.9 Å². The van der Waals surface area contributed by atoms with Crippen molar-refractivity contribution in [2.75, 3.05) is 19.8 Å². The maximum atomic E-state index is 5.70. The summed E-state index contributed by atoms with van der Waals surface area (Å²) in [6, 6.07) is 7.26. The molecule has 0 amide bonds. The molecule has 1 aromatic rings. The van der Waals surface area contributed by atoms with Crippen LogP contribution in [0, 0.1) is 0 Å². The molecule has 1 aliphatic heterocycles. The van der Waals surface area contributed by atoms with Crippen molar-refractivity contribution in [2.45, 2.75) is 39.2 Å². The van der Waals surface area contributed by atoms with E-state index in [-0.39, 0.29) is 0 Å². The molecule has 94 valence electrons. The highest BCUT2D eigenvalue weighted by Crippen LogP contribution is 2.24. The van der Waals surface area contributed by atoms with E-state index in [0.717, 1.165) is 32.6 Å². The van der Waals surface area contributed by atoms with E-state index >= 15 is 0 Å². The van der Waals surface area contributed by atoms with Crippen molar-refractivity contribution in [3.63, 3.8) is 0 Å². The van der Waals surface area contributed by atoms with E-state index < -0.39 is 0 Å². The first-order chi connectivity index (χ1) is 8.35. The molecule has 1 N–H and O–H groups in total. The van der Waals surface area contributed by atoms with Crippen LogP contribution in [-0.2, 0) is 17.6 Å². The lowest BCUT2D eigenvalue weighted by Crippen LogP contribution is -2.26. The van der Waals surface area contributed by atoms with E-state index in [1.54, 1.807) is 0 Å². The topological polar surface area (TPSA) is 21.3 Å². The third-order valence-electron chi connectivity index (χ3n) is 3.43. The number of rotatable bonds is 4. The molecule has 0 spiro atoms. The van der Waals surface area contributed by atoms with Crippen LogP contribution >= 0.6 is 0 Å². The van der Waals surface area contributed by atoms with Gasteiger partial charge in [0.25, 0.3) is 0 Å². The summed E-state index contributed by atoms with van der Waals surface area (Å²) in [7, 11) is 0. The van der Waals surface area contributed by atoms with Gasteiger partial charge in [-0.05, 0) is 42.5 Å². The molecule has 17 heavy (non-hydrogen) atoms. The Balaban J connectivity index is 2.25. The third-order valence-corrected chi connectivity index (χ3v) is 3.43. The van der Waals surface area contributed by atoms with Crippen molar-refractivity contribution in [2.24, 2.45) is 0 Å². The summed E-state index contributed by atoms with van der Waals surface area (Å²) >= 11 is 0. The Kier molecular flexibility index (Phi) is 4.57. The van der Waals surface area contributed by atoms with Gasteiger partial charge in [-0.1, -0.05) is 32.0 Å². The fraction of sp³-hybridized carbons (Fsp3) is 0.600. The first kappa shape index (κ1) is 12.6. The first-order valence-corrected chi connectivity index (χ1v) is 6.78. The van der Waals surface area contributed by atoms with Crippen LogP contribution in [0.2, 0.25) is 0 Å². The lowest BCUT2D eigenvalue weighted by molar-refractivity contribution is 0.121. The van der Waals surface area contributed by atoms with E-state index in [9.17, 15) is 0 Å². The summed E-state index contributed by atoms with van der Waals surface area (Å²) in [6.07, 6.45) is 3.32. The number of nitrogens with one attached hydrogen (secondary N) is 1. The normalized spacial score (nSPS) is 19.8. The van der Waals surface area contributed by atoms with Crippen LogP contribution in [0.4, 0.5) is 0 Å². The minimum atomic E-state index is 0.374. The minimum absolute atomic E-state index is 0.374. The van der Waals surface area contributed by atoms with Gasteiger partial charge in [0, 0.05) is 0 Å². The second kappa shape index (κ2) is 6.18. The first-order valence-electron chi connectivity index (χ1n) is 6.78. The molecule has 0 saturated carbocycles. The smallest absolute Gasteiger partial charge is 0.0661 e. The van der Waals surface area contributed by atoms with Crippen LogP contribution in [0.1, 0.15) is 43.0 Å². The zero-order valence-electron chi connectivity index (χ0n) is 11.0. The molecule has 1 atom stereocenters. The van der Waals surface area contributed by atoms with E-state index in [0.29, 0.717) is 6.04 Å². The van der Waals surface area contributed by atoms with Crippen LogP contribution in [0.5, 0.6) is 0 Å². The van der Waals surface area contributed by atoms with Crippen LogP contribution in [0.15, 0.2) is 18.2 Å². The molecule has 0 saturated heterocycles. The second-order valence-corrected chi connectivity index (χ2v) is 4.72. The van der Waals surface area contributed by atoms with Crippen LogP contribution in [0.3, 0.4) is 0 Å². The summed E-state index contributed by atoms with van der Waals surface area (Å²) in [5.74, 6) is 0. The molecule has 0 fully saturated rings. The Morgan fingerprint density at radius 3 is 3.00 bits per heavy atom. The standard InChI is InChI=1S/C15H23NO/c1-3-8-16-15-11-17-9-7-13-6-5-12(4-2)10-14(13)15/h5-6,10,15-16H,3-4,7-9,11H2,1-2H3. The van der Waals surface area contributed by atoms with Gasteiger partial charge in [-0.2, -0.15) is 0 Å². The van der Waals surface area contributed by atoms with Gasteiger partial charge < -0.3 is 10.1 Å². The molecule has 0 bridgehead atoms. The molecule has 2 rings (SSSR count). The van der Waals surface area contributed by atoms with Gasteiger partial charge in [-0.15, -0.1) is 0 Å². The average Bonchev–Trinajstić information content (AvgIpc) is 2.57. The molecule has 2 heteroatoms. The van der Waals surface area contributed by atoms with Crippen LogP contribution in [0.25, 0.3) is 0 Å². The van der Waals surface area contributed by atoms with Crippen LogP contribution < -0.4 is 5.32 Å². The molecule has 1 unspecified atom stereocenters. The molecule has 0 radical (unpaired) electrons. The summed E-state index contributed by atoms with van der Waals surface area (Å²) in [5.41, 5.74) is 4.33. The van der Waals surface area contributed by atoms with Crippen molar-refractivity contribution in [1.29, 1.82) is 0 Å². The number of hydrogen-bond acceptors (Lipinski definition) is 2. The van der Waals surface area contributed by atoms with Gasteiger partial charge in [0.05, 0.1) is 19.3 Å². The zero-order valence-corrected chi connectivity index (χ0v) is 11.0. The molecule has 0 aromatic heterocycles. The Morgan fingerprint density at radius 2 is 2.24 bits per heavy atom. The molecular weight excluding hydrogens is 210 g/mol. The van der Waals surface area contributed by atoms with Gasteiger partial charge in [-0.3, -0.25) is 0 Å². The van der Waals surface area contributed by atoms with Crippen molar-refractivity contribution in [3.8, 4) is 0 Å². The van der Waals surface area contributed by atoms with Gasteiger partial charge >= 0.3 is 0 Å². The highest BCUT2D eigenvalue weighted by atomic mass is 16.5. The van der Waals surface area contributed by atoms with E-state index in [2.05, 4.69) is 37.4 Å². The lowest BCUT2D eigenvalue weighted by Gasteiger charge is -2.19. The quantitative estimate of drug-likeness (QED) is 0.863. The molecule has 1 aromatic carbocycles. The lowest BCUT2D eigenvalue weighted by atomic mass is 9.96. The van der Waals surface area contributed by atoms with Gasteiger partial charge in [-0.25, -0.2) is 0 Å². The second-order valence-electron chi connectivity index (χ2n) is 4.72. The Hall–Kier alpha value is -0.860. The number of ether oxygens (including phenoxy) is 1. The molecule has 1 aliphatic rings. The molecular formula is C15H23NO. The average molecular weight is 233 g/mol. The monoisotopic (exact) mass is 233 g/mol. The Labute approximate surface area is 104 Å². The highest BCUT2D eigenvalue weighted by molar-refractivity contribution is 5.35. The molecule has 1 heterocycles. The number of hydrogen-bond donors (Lipinski definition) is 1. The number of aryl methyl sites for hydroxylation is 1. The maximum absolute atomic E-state index is 5.70. The molecule has 2 nitrogen and oxygen atoms in total. The summed E-state index contributed by atoms with van der Waals surface area (Å²) in [6.45, 7) is 7.13. The molecule has 0 aliphatic carbocycles. The highest BCUT2D eigenvalue weighted by Gasteiger charge is 2.18. The number of fused-ring (bicyclic) bond motifs is 1. The van der Waals surface area contributed by atoms with E-state index in [4.69, 9.17) is 4.74 Å². The van der Waals surface area contributed by atoms with Crippen molar-refractivity contribution >= 4 is 0 Å². The predicted octanol–water partition coefficient (Wildman–Crippen LogP) is 2.86. The van der Waals surface area contributed by atoms with E-state index in [1.807, 2.05) is 0 Å². The zero-order chi connectivity index (χ0) is 12.1. The SMILES string of the molecule is CCCNC1COCCc2ccc(CC)cc21.